The average molecular weight is 463 g/mol. The van der Waals surface area contributed by atoms with Crippen molar-refractivity contribution in [3.8, 4) is 17.3 Å². The molecule has 1 aliphatic heterocycles. The van der Waals surface area contributed by atoms with Gasteiger partial charge in [0, 0.05) is 30.4 Å². The number of nitrogens with two attached hydrogens (primary N) is 1. The zero-order valence-corrected chi connectivity index (χ0v) is 20.0. The van der Waals surface area contributed by atoms with E-state index in [1.807, 2.05) is 32.0 Å². The standard InChI is InChI=1S/C24H30N8O2/c1-14(16-6-9-26-20(12-16)34-4)23(33)32-10-8-24(13-19(24)32)7-5-17-11-18(15(2)27-21(17)25)22-28-30-31(3)29-22/h6,9,11-12,14,19H,5,7-8,10,13H2,1-4H3,(H2,25,27)/t14-,19?,24+/m0/s1. The second-order valence-electron chi connectivity index (χ2n) is 9.49. The van der Waals surface area contributed by atoms with Gasteiger partial charge in [-0.25, -0.2) is 9.97 Å². The molecule has 10 heteroatoms. The smallest absolute Gasteiger partial charge is 0.230 e. The van der Waals surface area contributed by atoms with Crippen LogP contribution in [0.2, 0.25) is 0 Å². The van der Waals surface area contributed by atoms with Gasteiger partial charge in [0.2, 0.25) is 17.6 Å². The molecule has 1 saturated carbocycles. The maximum Gasteiger partial charge on any atom is 0.230 e. The van der Waals surface area contributed by atoms with E-state index in [2.05, 4.69) is 30.3 Å². The number of carbonyl (C=O) groups is 1. The molecule has 3 aromatic rings. The number of fused-ring (bicyclic) bond motifs is 1. The van der Waals surface area contributed by atoms with Gasteiger partial charge in [0.25, 0.3) is 0 Å². The van der Waals surface area contributed by atoms with Gasteiger partial charge >= 0.3 is 0 Å². The maximum atomic E-state index is 13.3. The minimum absolute atomic E-state index is 0.171. The van der Waals surface area contributed by atoms with Gasteiger partial charge in [-0.1, -0.05) is 0 Å². The molecule has 0 bridgehead atoms. The van der Waals surface area contributed by atoms with Crippen LogP contribution in [0, 0.1) is 12.3 Å². The molecule has 0 spiro atoms. The summed E-state index contributed by atoms with van der Waals surface area (Å²) >= 11 is 0. The average Bonchev–Trinajstić information content (AvgIpc) is 3.17. The van der Waals surface area contributed by atoms with Gasteiger partial charge in [0.05, 0.1) is 25.8 Å². The second-order valence-corrected chi connectivity index (χ2v) is 9.49. The predicted molar refractivity (Wildman–Crippen MR) is 126 cm³/mol. The fraction of sp³-hybridized carbons (Fsp3) is 0.500. The van der Waals surface area contributed by atoms with Crippen LogP contribution in [-0.4, -0.2) is 60.7 Å². The zero-order valence-electron chi connectivity index (χ0n) is 20.0. The van der Waals surface area contributed by atoms with Crippen LogP contribution in [0.1, 0.15) is 48.9 Å². The van der Waals surface area contributed by atoms with Gasteiger partial charge < -0.3 is 15.4 Å². The van der Waals surface area contributed by atoms with Gasteiger partial charge in [-0.05, 0) is 73.4 Å². The Morgan fingerprint density at radius 2 is 2.21 bits per heavy atom. The first-order valence-corrected chi connectivity index (χ1v) is 11.6. The third kappa shape index (κ3) is 3.86. The quantitative estimate of drug-likeness (QED) is 0.567. The number of anilines is 1. The first kappa shape index (κ1) is 22.2. The highest BCUT2D eigenvalue weighted by Gasteiger charge is 2.61. The molecular weight excluding hydrogens is 432 g/mol. The van der Waals surface area contributed by atoms with Crippen LogP contribution >= 0.6 is 0 Å². The maximum absolute atomic E-state index is 13.3. The highest BCUT2D eigenvalue weighted by Crippen LogP contribution is 2.60. The van der Waals surface area contributed by atoms with Crippen LogP contribution in [0.4, 0.5) is 5.82 Å². The SMILES string of the molecule is COc1cc([C@H](C)C(=O)N2CC[C@]3(CCc4cc(-c5nnn(C)n5)c(C)nc4N)CC23)ccn1. The Kier molecular flexibility index (Phi) is 5.45. The number of amides is 1. The molecule has 0 aromatic carbocycles. The highest BCUT2D eigenvalue weighted by molar-refractivity contribution is 5.84. The molecule has 1 amide bonds. The summed E-state index contributed by atoms with van der Waals surface area (Å²) in [5.74, 6) is 1.57. The van der Waals surface area contributed by atoms with Crippen molar-refractivity contribution in [3.63, 3.8) is 0 Å². The number of carbonyl (C=O) groups excluding carboxylic acids is 1. The fourth-order valence-corrected chi connectivity index (χ4v) is 5.26. The van der Waals surface area contributed by atoms with E-state index in [0.29, 0.717) is 23.6 Å². The topological polar surface area (TPSA) is 125 Å². The molecule has 10 nitrogen and oxygen atoms in total. The minimum atomic E-state index is -0.229. The van der Waals surface area contributed by atoms with E-state index in [1.54, 1.807) is 20.4 Å². The predicted octanol–water partition coefficient (Wildman–Crippen LogP) is 2.29. The van der Waals surface area contributed by atoms with Crippen molar-refractivity contribution in [1.82, 2.24) is 35.1 Å². The van der Waals surface area contributed by atoms with E-state index in [4.69, 9.17) is 10.5 Å². The molecule has 2 fully saturated rings. The summed E-state index contributed by atoms with van der Waals surface area (Å²) in [6, 6.07) is 6.07. The first-order chi connectivity index (χ1) is 16.3. The van der Waals surface area contributed by atoms with Crippen LogP contribution in [0.5, 0.6) is 5.88 Å². The van der Waals surface area contributed by atoms with Crippen LogP contribution in [-0.2, 0) is 18.3 Å². The third-order valence-corrected chi connectivity index (χ3v) is 7.46. The number of piperidine rings is 1. The van der Waals surface area contributed by atoms with Crippen molar-refractivity contribution < 1.29 is 9.53 Å². The molecule has 3 aromatic heterocycles. The zero-order chi connectivity index (χ0) is 24.0. The molecule has 0 radical (unpaired) electrons. The molecule has 1 unspecified atom stereocenters. The molecule has 178 valence electrons. The summed E-state index contributed by atoms with van der Waals surface area (Å²) in [5, 5.41) is 12.4. The number of tetrazole rings is 1. The number of aryl methyl sites for hydroxylation is 3. The van der Waals surface area contributed by atoms with Crippen LogP contribution in [0.25, 0.3) is 11.4 Å². The van der Waals surface area contributed by atoms with E-state index in [1.165, 1.54) is 4.80 Å². The number of pyridine rings is 2. The van der Waals surface area contributed by atoms with E-state index < -0.39 is 0 Å². The lowest BCUT2D eigenvalue weighted by molar-refractivity contribution is -0.132. The van der Waals surface area contributed by atoms with E-state index in [9.17, 15) is 4.79 Å². The third-order valence-electron chi connectivity index (χ3n) is 7.46. The Labute approximate surface area is 198 Å². The minimum Gasteiger partial charge on any atom is -0.481 e. The molecule has 1 aliphatic carbocycles. The van der Waals surface area contributed by atoms with Crippen molar-refractivity contribution in [2.75, 3.05) is 19.4 Å². The van der Waals surface area contributed by atoms with Crippen molar-refractivity contribution in [2.45, 2.75) is 51.5 Å². The number of likely N-dealkylation sites (tertiary alicyclic amines) is 1. The van der Waals surface area contributed by atoms with E-state index >= 15 is 0 Å². The lowest BCUT2D eigenvalue weighted by Crippen LogP contribution is -2.34. The summed E-state index contributed by atoms with van der Waals surface area (Å²) in [5.41, 5.74) is 10.0. The monoisotopic (exact) mass is 462 g/mol. The Bertz CT molecular complexity index is 1240. The Morgan fingerprint density at radius 1 is 1.38 bits per heavy atom. The Hall–Kier alpha value is -3.56. The van der Waals surface area contributed by atoms with Gasteiger partial charge in [0.15, 0.2) is 0 Å². The van der Waals surface area contributed by atoms with Crippen molar-refractivity contribution >= 4 is 11.7 Å². The molecule has 1 saturated heterocycles. The Morgan fingerprint density at radius 3 is 2.91 bits per heavy atom. The van der Waals surface area contributed by atoms with Crippen molar-refractivity contribution in [3.05, 3.63) is 41.2 Å². The normalized spacial score (nSPS) is 21.9. The second kappa shape index (κ2) is 8.34. The lowest BCUT2D eigenvalue weighted by Gasteiger charge is -2.22. The van der Waals surface area contributed by atoms with E-state index in [-0.39, 0.29) is 17.2 Å². The first-order valence-electron chi connectivity index (χ1n) is 11.6. The molecule has 2 aliphatic rings. The van der Waals surface area contributed by atoms with Gasteiger partial charge in [-0.2, -0.15) is 4.80 Å². The van der Waals surface area contributed by atoms with Crippen molar-refractivity contribution in [1.29, 1.82) is 0 Å². The van der Waals surface area contributed by atoms with Crippen molar-refractivity contribution in [2.24, 2.45) is 12.5 Å². The van der Waals surface area contributed by atoms with Gasteiger partial charge in [-0.15, -0.1) is 10.2 Å². The molecular formula is C24H30N8O2. The largest absolute Gasteiger partial charge is 0.481 e. The molecule has 34 heavy (non-hydrogen) atoms. The number of nitrogens with zero attached hydrogens (tertiary/aromatic N) is 7. The highest BCUT2D eigenvalue weighted by atomic mass is 16.5. The molecule has 2 N–H and O–H groups in total. The number of hydrogen-bond acceptors (Lipinski definition) is 8. The number of aromatic nitrogens is 6. The lowest BCUT2D eigenvalue weighted by atomic mass is 9.94. The number of nitrogen functional groups attached to an aromatic ring is 1. The summed E-state index contributed by atoms with van der Waals surface area (Å²) < 4.78 is 5.22. The summed E-state index contributed by atoms with van der Waals surface area (Å²) in [6.45, 7) is 4.66. The molecule has 5 rings (SSSR count). The number of rotatable bonds is 7. The molecule has 4 heterocycles. The molecule has 3 atom stereocenters. The van der Waals surface area contributed by atoms with Crippen LogP contribution in [0.3, 0.4) is 0 Å². The summed E-state index contributed by atoms with van der Waals surface area (Å²) in [7, 11) is 3.32. The summed E-state index contributed by atoms with van der Waals surface area (Å²) in [4.78, 5) is 25.5. The van der Waals surface area contributed by atoms with Crippen LogP contribution in [0.15, 0.2) is 24.4 Å². The van der Waals surface area contributed by atoms with E-state index in [0.717, 1.165) is 54.6 Å². The summed E-state index contributed by atoms with van der Waals surface area (Å²) in [6.07, 6.45) is 5.54. The number of ether oxygens (including phenoxy) is 1. The number of hydrogen-bond donors (Lipinski definition) is 1. The van der Waals surface area contributed by atoms with Gasteiger partial charge in [0.1, 0.15) is 5.82 Å². The van der Waals surface area contributed by atoms with Crippen LogP contribution < -0.4 is 10.5 Å². The number of methoxy groups -OCH3 is 1. The Balaban J connectivity index is 1.27. The van der Waals surface area contributed by atoms with Gasteiger partial charge in [-0.3, -0.25) is 4.79 Å². The fourth-order valence-electron chi connectivity index (χ4n) is 5.26.